The number of nitro benzene ring substituents is 1. The minimum absolute atomic E-state index is 0.0522. The van der Waals surface area contributed by atoms with Gasteiger partial charge in [-0.15, -0.1) is 11.8 Å². The van der Waals surface area contributed by atoms with Crippen molar-refractivity contribution < 1.29 is 14.8 Å². The highest BCUT2D eigenvalue weighted by Crippen LogP contribution is 2.29. The van der Waals surface area contributed by atoms with Crippen LogP contribution in [0.25, 0.3) is 0 Å². The number of carbonyl (C=O) groups excluding carboxylic acids is 1. The summed E-state index contributed by atoms with van der Waals surface area (Å²) in [6.45, 7) is 1.82. The van der Waals surface area contributed by atoms with E-state index in [1.54, 1.807) is 18.4 Å². The number of amides is 1. The molecule has 0 aliphatic heterocycles. The largest absolute Gasteiger partial charge is 0.506 e. The molecule has 0 aromatic heterocycles. The Hall–Kier alpha value is -2.54. The lowest BCUT2D eigenvalue weighted by molar-refractivity contribution is -0.387. The zero-order valence-corrected chi connectivity index (χ0v) is 12.8. The van der Waals surface area contributed by atoms with Gasteiger partial charge in [-0.25, -0.2) is 0 Å². The van der Waals surface area contributed by atoms with Gasteiger partial charge in [0.05, 0.1) is 15.5 Å². The maximum atomic E-state index is 12.2. The van der Waals surface area contributed by atoms with Crippen molar-refractivity contribution in [1.29, 1.82) is 0 Å². The minimum Gasteiger partial charge on any atom is -0.506 e. The van der Waals surface area contributed by atoms with Crippen LogP contribution in [-0.2, 0) is 0 Å². The highest BCUT2D eigenvalue weighted by atomic mass is 32.2. The molecule has 2 N–H and O–H groups in total. The van der Waals surface area contributed by atoms with E-state index in [0.717, 1.165) is 5.56 Å². The van der Waals surface area contributed by atoms with Crippen LogP contribution in [0, 0.1) is 17.0 Å². The second-order valence-corrected chi connectivity index (χ2v) is 5.47. The summed E-state index contributed by atoms with van der Waals surface area (Å²) in [4.78, 5) is 23.2. The molecule has 0 saturated carbocycles. The van der Waals surface area contributed by atoms with Crippen LogP contribution in [0.4, 0.5) is 11.4 Å². The van der Waals surface area contributed by atoms with Crippen molar-refractivity contribution in [2.24, 2.45) is 0 Å². The van der Waals surface area contributed by atoms with E-state index in [4.69, 9.17) is 0 Å². The topological polar surface area (TPSA) is 92.5 Å². The number of rotatable bonds is 4. The van der Waals surface area contributed by atoms with Gasteiger partial charge in [-0.3, -0.25) is 14.9 Å². The third-order valence-corrected chi connectivity index (χ3v) is 3.82. The van der Waals surface area contributed by atoms with Crippen LogP contribution in [0.2, 0.25) is 0 Å². The molecule has 7 heteroatoms. The summed E-state index contributed by atoms with van der Waals surface area (Å²) in [7, 11) is 0. The first-order valence-electron chi connectivity index (χ1n) is 6.35. The Kier molecular flexibility index (Phi) is 4.67. The summed E-state index contributed by atoms with van der Waals surface area (Å²) in [6, 6.07) is 9.12. The first-order chi connectivity index (χ1) is 10.4. The van der Waals surface area contributed by atoms with Gasteiger partial charge in [0.25, 0.3) is 11.6 Å². The number of aryl methyl sites for hydroxylation is 1. The Bertz CT molecular complexity index is 746. The summed E-state index contributed by atoms with van der Waals surface area (Å²) in [5.41, 5.74) is 1.15. The second kappa shape index (κ2) is 6.48. The fourth-order valence-electron chi connectivity index (χ4n) is 1.92. The van der Waals surface area contributed by atoms with E-state index in [1.807, 2.05) is 6.92 Å². The van der Waals surface area contributed by atoms with Crippen LogP contribution in [0.1, 0.15) is 15.9 Å². The molecule has 0 radical (unpaired) electrons. The fraction of sp³-hybridized carbons (Fsp3) is 0.133. The number of nitrogens with zero attached hydrogens (tertiary/aromatic N) is 1. The molecule has 0 aliphatic rings. The van der Waals surface area contributed by atoms with Crippen LogP contribution >= 0.6 is 11.8 Å². The third-order valence-electron chi connectivity index (χ3n) is 3.04. The smallest absolute Gasteiger partial charge is 0.283 e. The van der Waals surface area contributed by atoms with E-state index in [9.17, 15) is 20.0 Å². The van der Waals surface area contributed by atoms with Crippen LogP contribution in [0.3, 0.4) is 0 Å². The zero-order valence-electron chi connectivity index (χ0n) is 12.0. The molecule has 2 aromatic carbocycles. The van der Waals surface area contributed by atoms with E-state index in [0.29, 0.717) is 4.90 Å². The Morgan fingerprint density at radius 2 is 2.00 bits per heavy atom. The standard InChI is InChI=1S/C15H14N2O4S/c1-9-3-5-11(13(18)7-9)16-15(19)10-4-6-14(22-2)12(8-10)17(20)21/h3-8,18H,1-2H3,(H,16,19). The number of nitro groups is 1. The number of thioether (sulfide) groups is 1. The third kappa shape index (κ3) is 3.37. The number of benzene rings is 2. The van der Waals surface area contributed by atoms with Crippen molar-refractivity contribution in [2.45, 2.75) is 11.8 Å². The molecule has 0 saturated heterocycles. The van der Waals surface area contributed by atoms with Crippen molar-refractivity contribution in [3.05, 3.63) is 57.6 Å². The Labute approximate surface area is 131 Å². The molecule has 0 atom stereocenters. The van der Waals surface area contributed by atoms with Gasteiger partial charge >= 0.3 is 0 Å². The van der Waals surface area contributed by atoms with Crippen molar-refractivity contribution in [3.8, 4) is 5.75 Å². The first-order valence-corrected chi connectivity index (χ1v) is 7.58. The average Bonchev–Trinajstić information content (AvgIpc) is 2.49. The average molecular weight is 318 g/mol. The molecule has 1 amide bonds. The molecule has 2 rings (SSSR count). The molecule has 6 nitrogen and oxygen atoms in total. The highest BCUT2D eigenvalue weighted by molar-refractivity contribution is 7.98. The first kappa shape index (κ1) is 15.8. The molecule has 0 bridgehead atoms. The number of phenols is 1. The SMILES string of the molecule is CSc1ccc(C(=O)Nc2ccc(C)cc2O)cc1[N+](=O)[O-]. The highest BCUT2D eigenvalue weighted by Gasteiger charge is 2.17. The number of phenolic OH excluding ortho intramolecular Hbond substituents is 1. The van der Waals surface area contributed by atoms with Crippen molar-refractivity contribution in [3.63, 3.8) is 0 Å². The van der Waals surface area contributed by atoms with Gasteiger partial charge in [-0.1, -0.05) is 6.07 Å². The summed E-state index contributed by atoms with van der Waals surface area (Å²) in [6.07, 6.45) is 1.73. The molecule has 0 unspecified atom stereocenters. The van der Waals surface area contributed by atoms with Crippen molar-refractivity contribution in [2.75, 3.05) is 11.6 Å². The van der Waals surface area contributed by atoms with E-state index in [2.05, 4.69) is 5.32 Å². The summed E-state index contributed by atoms with van der Waals surface area (Å²) in [5.74, 6) is -0.571. The minimum atomic E-state index is -0.522. The monoisotopic (exact) mass is 318 g/mol. The van der Waals surface area contributed by atoms with E-state index >= 15 is 0 Å². The maximum Gasteiger partial charge on any atom is 0.283 e. The Morgan fingerprint density at radius 3 is 2.59 bits per heavy atom. The summed E-state index contributed by atoms with van der Waals surface area (Å²) < 4.78 is 0. The number of hydrogen-bond donors (Lipinski definition) is 2. The molecule has 0 heterocycles. The quantitative estimate of drug-likeness (QED) is 0.389. The lowest BCUT2D eigenvalue weighted by atomic mass is 10.1. The lowest BCUT2D eigenvalue weighted by Crippen LogP contribution is -2.12. The fourth-order valence-corrected chi connectivity index (χ4v) is 2.46. The normalized spacial score (nSPS) is 10.3. The molecule has 114 valence electrons. The molecular formula is C15H14N2O4S. The van der Waals surface area contributed by atoms with Crippen LogP contribution in [-0.4, -0.2) is 22.2 Å². The van der Waals surface area contributed by atoms with Gasteiger partial charge in [0.1, 0.15) is 5.75 Å². The van der Waals surface area contributed by atoms with Gasteiger partial charge in [0, 0.05) is 11.6 Å². The number of carbonyl (C=O) groups is 1. The van der Waals surface area contributed by atoms with Gasteiger partial charge in [-0.05, 0) is 43.0 Å². The molecule has 0 spiro atoms. The number of aromatic hydroxyl groups is 1. The Morgan fingerprint density at radius 1 is 1.27 bits per heavy atom. The van der Waals surface area contributed by atoms with Crippen molar-refractivity contribution in [1.82, 2.24) is 0 Å². The maximum absolute atomic E-state index is 12.2. The van der Waals surface area contributed by atoms with Gasteiger partial charge in [0.15, 0.2) is 0 Å². The molecule has 2 aromatic rings. The molecular weight excluding hydrogens is 304 g/mol. The predicted molar refractivity (Wildman–Crippen MR) is 85.7 cm³/mol. The molecule has 0 aliphatic carbocycles. The van der Waals surface area contributed by atoms with Crippen LogP contribution in [0.15, 0.2) is 41.3 Å². The summed E-state index contributed by atoms with van der Waals surface area (Å²) >= 11 is 1.24. The zero-order chi connectivity index (χ0) is 16.3. The van der Waals surface area contributed by atoms with Gasteiger partial charge in [0.2, 0.25) is 0 Å². The van der Waals surface area contributed by atoms with Crippen molar-refractivity contribution >= 4 is 29.0 Å². The molecule has 22 heavy (non-hydrogen) atoms. The van der Waals surface area contributed by atoms with E-state index in [1.165, 1.54) is 36.0 Å². The van der Waals surface area contributed by atoms with Crippen LogP contribution in [0.5, 0.6) is 5.75 Å². The second-order valence-electron chi connectivity index (χ2n) is 4.62. The number of anilines is 1. The van der Waals surface area contributed by atoms with E-state index in [-0.39, 0.29) is 22.7 Å². The van der Waals surface area contributed by atoms with Crippen LogP contribution < -0.4 is 5.32 Å². The van der Waals surface area contributed by atoms with E-state index < -0.39 is 10.8 Å². The predicted octanol–water partition coefficient (Wildman–Crippen LogP) is 3.58. The van der Waals surface area contributed by atoms with Gasteiger partial charge in [-0.2, -0.15) is 0 Å². The molecule has 0 fully saturated rings. The van der Waals surface area contributed by atoms with Gasteiger partial charge < -0.3 is 10.4 Å². The lowest BCUT2D eigenvalue weighted by Gasteiger charge is -2.08. The number of hydrogen-bond acceptors (Lipinski definition) is 5. The number of nitrogens with one attached hydrogen (secondary N) is 1. The Balaban J connectivity index is 2.30. The summed E-state index contributed by atoms with van der Waals surface area (Å²) in [5, 5.41) is 23.4.